The number of amidine groups is 1. The van der Waals surface area contributed by atoms with Crippen LogP contribution in [-0.4, -0.2) is 23.3 Å². The Morgan fingerprint density at radius 2 is 2.33 bits per heavy atom. The summed E-state index contributed by atoms with van der Waals surface area (Å²) in [4.78, 5) is 16.5. The van der Waals surface area contributed by atoms with Crippen LogP contribution in [0.4, 0.5) is 9.18 Å². The first-order valence-electron chi connectivity index (χ1n) is 5.07. The Hall–Kier alpha value is -2.06. The van der Waals surface area contributed by atoms with E-state index in [1.54, 1.807) is 0 Å². The Labute approximate surface area is 108 Å². The summed E-state index contributed by atoms with van der Waals surface area (Å²) in [6, 6.07) is 3.02. The van der Waals surface area contributed by atoms with Gasteiger partial charge in [0.2, 0.25) is 0 Å². The van der Waals surface area contributed by atoms with Crippen molar-refractivity contribution in [2.45, 2.75) is 6.04 Å². The number of aliphatic imine (C=N–C) groups is 1. The molecular weight excluding hydrogens is 257 g/mol. The fourth-order valence-electron chi connectivity index (χ4n) is 1.80. The second-order valence-corrected chi connectivity index (χ2v) is 4.13. The maximum atomic E-state index is 13.1. The Kier molecular flexibility index (Phi) is 3.21. The van der Waals surface area contributed by atoms with Gasteiger partial charge in [-0.15, -0.1) is 6.42 Å². The van der Waals surface area contributed by atoms with Crippen molar-refractivity contribution >= 4 is 23.5 Å². The van der Waals surface area contributed by atoms with Gasteiger partial charge in [0, 0.05) is 0 Å². The van der Waals surface area contributed by atoms with Gasteiger partial charge < -0.3 is 5.73 Å². The number of benzene rings is 1. The lowest BCUT2D eigenvalue weighted by Gasteiger charge is -2.22. The third-order valence-corrected chi connectivity index (χ3v) is 2.87. The molecule has 1 aliphatic heterocycles. The van der Waals surface area contributed by atoms with Crippen molar-refractivity contribution in [2.75, 3.05) is 6.54 Å². The highest BCUT2D eigenvalue weighted by Crippen LogP contribution is 2.29. The van der Waals surface area contributed by atoms with E-state index in [0.29, 0.717) is 5.56 Å². The third-order valence-electron chi connectivity index (χ3n) is 2.58. The van der Waals surface area contributed by atoms with Gasteiger partial charge in [-0.25, -0.2) is 9.18 Å². The van der Waals surface area contributed by atoms with Gasteiger partial charge >= 0.3 is 6.03 Å². The molecule has 0 fully saturated rings. The van der Waals surface area contributed by atoms with Crippen LogP contribution in [-0.2, 0) is 0 Å². The highest BCUT2D eigenvalue weighted by Gasteiger charge is 2.34. The number of terminal acetylenes is 1. The molecule has 1 aromatic carbocycles. The molecule has 18 heavy (non-hydrogen) atoms. The van der Waals surface area contributed by atoms with Crippen molar-refractivity contribution in [1.82, 2.24) is 4.90 Å². The van der Waals surface area contributed by atoms with E-state index in [9.17, 15) is 9.18 Å². The summed E-state index contributed by atoms with van der Waals surface area (Å²) < 4.78 is 13.1. The Morgan fingerprint density at radius 1 is 1.61 bits per heavy atom. The van der Waals surface area contributed by atoms with Crippen LogP contribution in [0.2, 0.25) is 5.02 Å². The number of nitrogens with two attached hydrogens (primary N) is 1. The van der Waals surface area contributed by atoms with Crippen LogP contribution in [0.25, 0.3) is 0 Å². The Balaban J connectivity index is 2.41. The first kappa shape index (κ1) is 12.4. The van der Waals surface area contributed by atoms with Gasteiger partial charge in [0.15, 0.2) is 0 Å². The summed E-state index contributed by atoms with van der Waals surface area (Å²) in [5.41, 5.74) is 6.27. The number of hydrogen-bond donors (Lipinski definition) is 1. The zero-order valence-corrected chi connectivity index (χ0v) is 9.99. The number of rotatable bonds is 2. The van der Waals surface area contributed by atoms with Crippen LogP contribution in [0.1, 0.15) is 11.6 Å². The quantitative estimate of drug-likeness (QED) is 0.831. The van der Waals surface area contributed by atoms with E-state index in [2.05, 4.69) is 10.9 Å². The second kappa shape index (κ2) is 4.67. The first-order valence-corrected chi connectivity index (χ1v) is 5.45. The maximum absolute atomic E-state index is 13.1. The van der Waals surface area contributed by atoms with Gasteiger partial charge in [-0.1, -0.05) is 23.6 Å². The molecule has 6 heteroatoms. The van der Waals surface area contributed by atoms with Crippen molar-refractivity contribution in [3.8, 4) is 12.3 Å². The van der Waals surface area contributed by atoms with Crippen LogP contribution < -0.4 is 5.73 Å². The van der Waals surface area contributed by atoms with Crippen molar-refractivity contribution in [1.29, 1.82) is 0 Å². The summed E-state index contributed by atoms with van der Waals surface area (Å²) in [5.74, 6) is 1.94. The predicted octanol–water partition coefficient (Wildman–Crippen LogP) is 1.95. The van der Waals surface area contributed by atoms with E-state index in [-0.39, 0.29) is 17.4 Å². The molecule has 2 amide bonds. The van der Waals surface area contributed by atoms with E-state index in [4.69, 9.17) is 23.8 Å². The highest BCUT2D eigenvalue weighted by atomic mass is 35.5. The van der Waals surface area contributed by atoms with E-state index in [1.165, 1.54) is 23.1 Å². The lowest BCUT2D eigenvalue weighted by atomic mass is 10.1. The smallest absolute Gasteiger partial charge is 0.346 e. The third kappa shape index (κ3) is 2.03. The molecule has 0 saturated heterocycles. The lowest BCUT2D eigenvalue weighted by molar-refractivity contribution is 0.213. The van der Waals surface area contributed by atoms with Gasteiger partial charge in [0.25, 0.3) is 0 Å². The summed E-state index contributed by atoms with van der Waals surface area (Å²) in [6.07, 6.45) is 5.19. The van der Waals surface area contributed by atoms with Gasteiger partial charge in [-0.3, -0.25) is 4.90 Å². The molecule has 0 aromatic heterocycles. The molecule has 0 radical (unpaired) electrons. The average Bonchev–Trinajstić information content (AvgIpc) is 2.59. The molecule has 0 aliphatic carbocycles. The first-order chi connectivity index (χ1) is 8.54. The minimum atomic E-state index is -0.591. The molecule has 1 aromatic rings. The summed E-state index contributed by atoms with van der Waals surface area (Å²) in [5, 5.41) is -0.0414. The molecule has 0 saturated carbocycles. The van der Waals surface area contributed by atoms with E-state index >= 15 is 0 Å². The summed E-state index contributed by atoms with van der Waals surface area (Å²) in [6.45, 7) is 0.0721. The van der Waals surface area contributed by atoms with Crippen LogP contribution >= 0.6 is 11.6 Å². The van der Waals surface area contributed by atoms with Crippen LogP contribution in [0, 0.1) is 18.2 Å². The number of carbonyl (C=O) groups is 1. The molecule has 0 bridgehead atoms. The zero-order chi connectivity index (χ0) is 13.3. The number of nitrogens with zero attached hydrogens (tertiary/aromatic N) is 2. The van der Waals surface area contributed by atoms with Crippen molar-refractivity contribution in [3.05, 3.63) is 34.6 Å². The molecular formula is C12H9ClFN3O. The Bertz CT molecular complexity index is 579. The monoisotopic (exact) mass is 265 g/mol. The number of urea groups is 1. The Morgan fingerprint density at radius 3 is 2.94 bits per heavy atom. The van der Waals surface area contributed by atoms with Crippen LogP contribution in [0.15, 0.2) is 23.2 Å². The van der Waals surface area contributed by atoms with Gasteiger partial charge in [0.05, 0.1) is 11.6 Å². The summed E-state index contributed by atoms with van der Waals surface area (Å²) in [7, 11) is 0. The number of halogens is 2. The predicted molar refractivity (Wildman–Crippen MR) is 66.7 cm³/mol. The molecule has 2 rings (SSSR count). The molecule has 92 valence electrons. The number of amides is 2. The molecule has 2 N–H and O–H groups in total. The van der Waals surface area contributed by atoms with Crippen molar-refractivity contribution < 1.29 is 9.18 Å². The van der Waals surface area contributed by atoms with Gasteiger partial charge in [-0.05, 0) is 17.7 Å². The van der Waals surface area contributed by atoms with E-state index < -0.39 is 17.9 Å². The maximum Gasteiger partial charge on any atom is 0.346 e. The minimum absolute atomic E-state index is 0.0414. The van der Waals surface area contributed by atoms with Crippen molar-refractivity contribution in [3.63, 3.8) is 0 Å². The molecule has 1 aliphatic rings. The fourth-order valence-corrected chi connectivity index (χ4v) is 1.99. The fraction of sp³-hybridized carbons (Fsp3) is 0.167. The molecule has 1 unspecified atom stereocenters. The van der Waals surface area contributed by atoms with Crippen LogP contribution in [0.3, 0.4) is 0 Å². The number of carbonyl (C=O) groups excluding carboxylic acids is 1. The minimum Gasteiger partial charge on any atom is -0.385 e. The van der Waals surface area contributed by atoms with Gasteiger partial charge in [0.1, 0.15) is 17.7 Å². The molecule has 1 heterocycles. The number of hydrogen-bond acceptors (Lipinski definition) is 2. The van der Waals surface area contributed by atoms with E-state index in [1.807, 2.05) is 0 Å². The van der Waals surface area contributed by atoms with Crippen LogP contribution in [0.5, 0.6) is 0 Å². The van der Waals surface area contributed by atoms with Crippen molar-refractivity contribution in [2.24, 2.45) is 10.7 Å². The standard InChI is InChI=1S/C12H9ClFN3O/c1-2-5-17-10(11(15)16-12(17)18)7-3-4-9(14)8(13)6-7/h1,3-4,6,10H,5H2,(H2,15,16,18). The highest BCUT2D eigenvalue weighted by molar-refractivity contribution is 6.30. The molecule has 0 spiro atoms. The topological polar surface area (TPSA) is 58.7 Å². The zero-order valence-electron chi connectivity index (χ0n) is 9.23. The second-order valence-electron chi connectivity index (χ2n) is 3.73. The summed E-state index contributed by atoms with van der Waals surface area (Å²) >= 11 is 5.70. The normalized spacial score (nSPS) is 18.7. The lowest BCUT2D eigenvalue weighted by Crippen LogP contribution is -2.33. The SMILES string of the molecule is C#CCN1C(=O)N=C(N)C1c1ccc(F)c(Cl)c1. The van der Waals surface area contributed by atoms with E-state index in [0.717, 1.165) is 0 Å². The average molecular weight is 266 g/mol. The molecule has 1 atom stereocenters. The van der Waals surface area contributed by atoms with Gasteiger partial charge in [-0.2, -0.15) is 4.99 Å². The largest absolute Gasteiger partial charge is 0.385 e. The molecule has 4 nitrogen and oxygen atoms in total.